The molecule has 0 saturated heterocycles. The maximum atomic E-state index is 12.0. The third kappa shape index (κ3) is 1.77. The van der Waals surface area contributed by atoms with Crippen LogP contribution in [-0.2, 0) is 6.67 Å². The minimum atomic E-state index is -0.474. The molecule has 0 atom stereocenters. The van der Waals surface area contributed by atoms with Crippen LogP contribution in [0.1, 0.15) is 11.1 Å². The molecule has 0 aromatic heterocycles. The number of benzene rings is 1. The van der Waals surface area contributed by atoms with E-state index in [-0.39, 0.29) is 5.84 Å². The van der Waals surface area contributed by atoms with Crippen molar-refractivity contribution in [2.45, 2.75) is 6.67 Å². The molecule has 3 heteroatoms. The number of halogens is 1. The molecule has 2 nitrogen and oxygen atoms in total. The van der Waals surface area contributed by atoms with E-state index in [0.29, 0.717) is 11.1 Å². The quantitative estimate of drug-likeness (QED) is 0.489. The SMILES string of the molecule is N=C(N)c1ccc(CF)cc1. The number of rotatable bonds is 2. The number of nitrogens with two attached hydrogens (primary N) is 1. The Kier molecular flexibility index (Phi) is 2.21. The van der Waals surface area contributed by atoms with Gasteiger partial charge in [-0.25, -0.2) is 4.39 Å². The molecule has 0 fully saturated rings. The number of nitrogens with one attached hydrogen (secondary N) is 1. The van der Waals surface area contributed by atoms with Crippen LogP contribution in [0, 0.1) is 5.41 Å². The lowest BCUT2D eigenvalue weighted by atomic mass is 10.1. The summed E-state index contributed by atoms with van der Waals surface area (Å²) in [4.78, 5) is 0. The van der Waals surface area contributed by atoms with Crippen LogP contribution >= 0.6 is 0 Å². The van der Waals surface area contributed by atoms with Gasteiger partial charge in [0.25, 0.3) is 0 Å². The smallest absolute Gasteiger partial charge is 0.122 e. The Hall–Kier alpha value is -1.38. The molecule has 0 radical (unpaired) electrons. The Labute approximate surface area is 64.4 Å². The summed E-state index contributed by atoms with van der Waals surface area (Å²) in [5.74, 6) is 0.00964. The average molecular weight is 152 g/mol. The van der Waals surface area contributed by atoms with Crippen molar-refractivity contribution in [3.8, 4) is 0 Å². The molecule has 1 aromatic rings. The van der Waals surface area contributed by atoms with Gasteiger partial charge in [-0.1, -0.05) is 24.3 Å². The number of hydrogen-bond acceptors (Lipinski definition) is 1. The summed E-state index contributed by atoms with van der Waals surface area (Å²) in [7, 11) is 0. The first-order valence-electron chi connectivity index (χ1n) is 3.23. The molecule has 1 rings (SSSR count). The first kappa shape index (κ1) is 7.72. The summed E-state index contributed by atoms with van der Waals surface area (Å²) in [6.07, 6.45) is 0. The molecule has 11 heavy (non-hydrogen) atoms. The molecule has 1 aromatic carbocycles. The van der Waals surface area contributed by atoms with Crippen molar-refractivity contribution in [1.82, 2.24) is 0 Å². The standard InChI is InChI=1S/C8H9FN2/c9-5-6-1-3-7(4-2-6)8(10)11/h1-4H,5H2,(H3,10,11). The maximum absolute atomic E-state index is 12.0. The second kappa shape index (κ2) is 3.14. The van der Waals surface area contributed by atoms with E-state index in [1.807, 2.05) is 0 Å². The van der Waals surface area contributed by atoms with E-state index >= 15 is 0 Å². The zero-order chi connectivity index (χ0) is 8.27. The Morgan fingerprint density at radius 3 is 2.27 bits per heavy atom. The predicted octanol–water partition coefficient (Wildman–Crippen LogP) is 1.44. The van der Waals surface area contributed by atoms with Crippen LogP contribution in [0.2, 0.25) is 0 Å². The second-order valence-corrected chi connectivity index (χ2v) is 2.24. The molecule has 0 amide bonds. The fraction of sp³-hybridized carbons (Fsp3) is 0.125. The Morgan fingerprint density at radius 1 is 1.36 bits per heavy atom. The Morgan fingerprint density at radius 2 is 1.91 bits per heavy atom. The highest BCUT2D eigenvalue weighted by atomic mass is 19.1. The van der Waals surface area contributed by atoms with E-state index in [9.17, 15) is 4.39 Å². The van der Waals surface area contributed by atoms with E-state index in [1.54, 1.807) is 24.3 Å². The summed E-state index contributed by atoms with van der Waals surface area (Å²) < 4.78 is 12.0. The lowest BCUT2D eigenvalue weighted by Crippen LogP contribution is -2.10. The maximum Gasteiger partial charge on any atom is 0.122 e. The molecular formula is C8H9FN2. The molecule has 0 aliphatic rings. The van der Waals surface area contributed by atoms with Gasteiger partial charge in [0.05, 0.1) is 0 Å². The first-order chi connectivity index (χ1) is 5.24. The topological polar surface area (TPSA) is 49.9 Å². The fourth-order valence-electron chi connectivity index (χ4n) is 0.773. The minimum Gasteiger partial charge on any atom is -0.384 e. The highest BCUT2D eigenvalue weighted by molar-refractivity contribution is 5.94. The first-order valence-corrected chi connectivity index (χ1v) is 3.23. The fourth-order valence-corrected chi connectivity index (χ4v) is 0.773. The van der Waals surface area contributed by atoms with E-state index in [1.165, 1.54) is 0 Å². The third-order valence-electron chi connectivity index (χ3n) is 1.42. The number of alkyl halides is 1. The van der Waals surface area contributed by atoms with Gasteiger partial charge in [-0.2, -0.15) is 0 Å². The molecule has 58 valence electrons. The van der Waals surface area contributed by atoms with Gasteiger partial charge < -0.3 is 5.73 Å². The predicted molar refractivity (Wildman–Crippen MR) is 42.3 cm³/mol. The van der Waals surface area contributed by atoms with Crippen LogP contribution in [0.15, 0.2) is 24.3 Å². The summed E-state index contributed by atoms with van der Waals surface area (Å²) >= 11 is 0. The van der Waals surface area contributed by atoms with Crippen LogP contribution in [0.25, 0.3) is 0 Å². The Bertz CT molecular complexity index is 253. The van der Waals surface area contributed by atoms with Gasteiger partial charge in [0.2, 0.25) is 0 Å². The van der Waals surface area contributed by atoms with Gasteiger partial charge in [-0.3, -0.25) is 5.41 Å². The van der Waals surface area contributed by atoms with Gasteiger partial charge >= 0.3 is 0 Å². The molecular weight excluding hydrogens is 143 g/mol. The van der Waals surface area contributed by atoms with Crippen LogP contribution in [-0.4, -0.2) is 5.84 Å². The molecule has 0 bridgehead atoms. The number of amidine groups is 1. The molecule has 0 heterocycles. The van der Waals surface area contributed by atoms with Crippen LogP contribution < -0.4 is 5.73 Å². The minimum absolute atomic E-state index is 0.00964. The zero-order valence-electron chi connectivity index (χ0n) is 5.97. The highest BCUT2D eigenvalue weighted by Gasteiger charge is 1.95. The Balaban J connectivity index is 2.91. The summed E-state index contributed by atoms with van der Waals surface area (Å²) in [5, 5.41) is 7.05. The van der Waals surface area contributed by atoms with Crippen LogP contribution in [0.3, 0.4) is 0 Å². The molecule has 0 unspecified atom stereocenters. The molecule has 0 spiro atoms. The van der Waals surface area contributed by atoms with E-state index in [2.05, 4.69) is 0 Å². The molecule has 0 aliphatic heterocycles. The van der Waals surface area contributed by atoms with Gasteiger partial charge in [0.15, 0.2) is 0 Å². The van der Waals surface area contributed by atoms with Gasteiger partial charge in [-0.15, -0.1) is 0 Å². The lowest BCUT2D eigenvalue weighted by Gasteiger charge is -1.97. The van der Waals surface area contributed by atoms with Crippen molar-refractivity contribution in [3.63, 3.8) is 0 Å². The second-order valence-electron chi connectivity index (χ2n) is 2.24. The van der Waals surface area contributed by atoms with Crippen molar-refractivity contribution in [1.29, 1.82) is 5.41 Å². The van der Waals surface area contributed by atoms with Crippen LogP contribution in [0.5, 0.6) is 0 Å². The summed E-state index contributed by atoms with van der Waals surface area (Å²) in [6.45, 7) is -0.474. The molecule has 3 N–H and O–H groups in total. The number of hydrogen-bond donors (Lipinski definition) is 2. The van der Waals surface area contributed by atoms with Crippen LogP contribution in [0.4, 0.5) is 4.39 Å². The van der Waals surface area contributed by atoms with Crippen molar-refractivity contribution >= 4 is 5.84 Å². The lowest BCUT2D eigenvalue weighted by molar-refractivity contribution is 0.485. The summed E-state index contributed by atoms with van der Waals surface area (Å²) in [5.41, 5.74) is 6.43. The van der Waals surface area contributed by atoms with Crippen molar-refractivity contribution < 1.29 is 4.39 Å². The van der Waals surface area contributed by atoms with Crippen molar-refractivity contribution in [2.24, 2.45) is 5.73 Å². The monoisotopic (exact) mass is 152 g/mol. The molecule has 0 aliphatic carbocycles. The normalized spacial score (nSPS) is 9.55. The number of nitrogen functional groups attached to an aromatic ring is 1. The molecule has 0 saturated carbocycles. The largest absolute Gasteiger partial charge is 0.384 e. The van der Waals surface area contributed by atoms with Gasteiger partial charge in [0.1, 0.15) is 12.5 Å². The van der Waals surface area contributed by atoms with Gasteiger partial charge in [0, 0.05) is 5.56 Å². The summed E-state index contributed by atoms with van der Waals surface area (Å²) in [6, 6.07) is 6.52. The van der Waals surface area contributed by atoms with Gasteiger partial charge in [-0.05, 0) is 5.56 Å². The zero-order valence-corrected chi connectivity index (χ0v) is 5.97. The van der Waals surface area contributed by atoms with E-state index in [4.69, 9.17) is 11.1 Å². The highest BCUT2D eigenvalue weighted by Crippen LogP contribution is 2.04. The van der Waals surface area contributed by atoms with E-state index in [0.717, 1.165) is 0 Å². The van der Waals surface area contributed by atoms with E-state index < -0.39 is 6.67 Å². The van der Waals surface area contributed by atoms with Crippen molar-refractivity contribution in [3.05, 3.63) is 35.4 Å². The average Bonchev–Trinajstić information content (AvgIpc) is 2.05. The van der Waals surface area contributed by atoms with Crippen molar-refractivity contribution in [2.75, 3.05) is 0 Å². The third-order valence-corrected chi connectivity index (χ3v) is 1.42.